The molecule has 0 radical (unpaired) electrons. The van der Waals surface area contributed by atoms with Crippen LogP contribution in [0, 0.1) is 0 Å². The molecule has 0 aromatic heterocycles. The van der Waals surface area contributed by atoms with Crippen LogP contribution >= 0.6 is 45.1 Å². The first-order valence-corrected chi connectivity index (χ1v) is 6.81. The summed E-state index contributed by atoms with van der Waals surface area (Å²) in [6.45, 7) is 0. The van der Waals surface area contributed by atoms with Crippen molar-refractivity contribution in [3.8, 4) is 0 Å². The molecule has 0 aromatic rings. The van der Waals surface area contributed by atoms with Gasteiger partial charge in [0.05, 0.1) is 0 Å². The Labute approximate surface area is 76.0 Å². The highest BCUT2D eigenvalue weighted by atomic mass is 33.1. The zero-order valence-corrected chi connectivity index (χ0v) is 8.72. The summed E-state index contributed by atoms with van der Waals surface area (Å²) in [5.41, 5.74) is 0. The van der Waals surface area contributed by atoms with E-state index in [-0.39, 0.29) is 8.89 Å². The Morgan fingerprint density at radius 3 is 1.40 bits per heavy atom. The molecule has 0 rings (SSSR count). The van der Waals surface area contributed by atoms with E-state index in [1.165, 1.54) is 0 Å². The molecule has 0 saturated heterocycles. The molecule has 58 valence electrons. The molecular formula is C4H6O2S4. The second-order valence-corrected chi connectivity index (χ2v) is 5.22. The molecule has 0 aliphatic carbocycles. The van der Waals surface area contributed by atoms with Crippen LogP contribution in [0.5, 0.6) is 0 Å². The SMILES string of the molecule is CSC(=O)SSC(=O)SC. The van der Waals surface area contributed by atoms with Crippen molar-refractivity contribution in [1.29, 1.82) is 0 Å². The van der Waals surface area contributed by atoms with Gasteiger partial charge in [-0.05, 0) is 12.5 Å². The Hall–Kier alpha value is 0.740. The van der Waals surface area contributed by atoms with Crippen molar-refractivity contribution < 1.29 is 9.59 Å². The molecule has 0 aliphatic rings. The van der Waals surface area contributed by atoms with Crippen molar-refractivity contribution >= 4 is 54.0 Å². The van der Waals surface area contributed by atoms with Crippen LogP contribution < -0.4 is 0 Å². The molecular weight excluding hydrogens is 208 g/mol. The molecule has 0 saturated carbocycles. The first-order valence-electron chi connectivity index (χ1n) is 2.21. The summed E-state index contributed by atoms with van der Waals surface area (Å²) >= 11 is 2.24. The van der Waals surface area contributed by atoms with Gasteiger partial charge in [-0.1, -0.05) is 23.5 Å². The number of hydrogen-bond acceptors (Lipinski definition) is 6. The predicted molar refractivity (Wildman–Crippen MR) is 53.0 cm³/mol. The Kier molecular flexibility index (Phi) is 6.93. The molecule has 2 nitrogen and oxygen atoms in total. The van der Waals surface area contributed by atoms with E-state index < -0.39 is 0 Å². The van der Waals surface area contributed by atoms with Crippen LogP contribution in [0.25, 0.3) is 0 Å². The maximum Gasteiger partial charge on any atom is 0.256 e. The molecule has 10 heavy (non-hydrogen) atoms. The summed E-state index contributed by atoms with van der Waals surface area (Å²) in [5, 5.41) is 0. The van der Waals surface area contributed by atoms with Crippen molar-refractivity contribution in [3.05, 3.63) is 0 Å². The lowest BCUT2D eigenvalue weighted by atomic mass is 11.8. The Balaban J connectivity index is 3.35. The van der Waals surface area contributed by atoms with Crippen LogP contribution in [0.1, 0.15) is 0 Å². The molecule has 0 atom stereocenters. The zero-order valence-electron chi connectivity index (χ0n) is 5.45. The van der Waals surface area contributed by atoms with E-state index in [9.17, 15) is 9.59 Å². The van der Waals surface area contributed by atoms with E-state index >= 15 is 0 Å². The lowest BCUT2D eigenvalue weighted by Crippen LogP contribution is -1.77. The minimum atomic E-state index is -0.0348. The van der Waals surface area contributed by atoms with Gasteiger partial charge in [0, 0.05) is 21.6 Å². The van der Waals surface area contributed by atoms with E-state index in [1.807, 2.05) is 0 Å². The molecule has 0 aliphatic heterocycles. The van der Waals surface area contributed by atoms with Crippen LogP contribution in [-0.4, -0.2) is 21.4 Å². The summed E-state index contributed by atoms with van der Waals surface area (Å²) < 4.78 is -0.0696. The van der Waals surface area contributed by atoms with E-state index in [2.05, 4.69) is 0 Å². The molecule has 6 heteroatoms. The smallest absolute Gasteiger partial charge is 0.256 e. The highest BCUT2D eigenvalue weighted by molar-refractivity contribution is 8.93. The fraction of sp³-hybridized carbons (Fsp3) is 0.500. The quantitative estimate of drug-likeness (QED) is 0.575. The fourth-order valence-electron chi connectivity index (χ4n) is 0.136. The first-order chi connectivity index (χ1) is 4.70. The largest absolute Gasteiger partial charge is 0.273 e. The van der Waals surface area contributed by atoms with Gasteiger partial charge >= 0.3 is 0 Å². The monoisotopic (exact) mass is 214 g/mol. The van der Waals surface area contributed by atoms with Gasteiger partial charge in [-0.3, -0.25) is 9.59 Å². The lowest BCUT2D eigenvalue weighted by molar-refractivity contribution is 0.275. The molecule has 0 amide bonds. The van der Waals surface area contributed by atoms with E-state index in [4.69, 9.17) is 0 Å². The van der Waals surface area contributed by atoms with Crippen LogP contribution in [-0.2, 0) is 0 Å². The molecule has 0 fully saturated rings. The number of hydrogen-bond donors (Lipinski definition) is 0. The van der Waals surface area contributed by atoms with Gasteiger partial charge in [0.2, 0.25) is 0 Å². The third-order valence-corrected chi connectivity index (χ3v) is 4.82. The highest BCUT2D eigenvalue weighted by Crippen LogP contribution is 2.31. The molecule has 0 bridgehead atoms. The topological polar surface area (TPSA) is 34.1 Å². The number of rotatable bonds is 0. The standard InChI is InChI=1S/C4H6O2S4/c1-7-3(5)9-10-4(6)8-2/h1-2H3. The molecule has 0 spiro atoms. The van der Waals surface area contributed by atoms with Crippen LogP contribution in [0.15, 0.2) is 0 Å². The maximum absolute atomic E-state index is 10.6. The second-order valence-electron chi connectivity index (χ2n) is 1.07. The van der Waals surface area contributed by atoms with E-state index in [1.54, 1.807) is 12.5 Å². The van der Waals surface area contributed by atoms with Crippen LogP contribution in [0.4, 0.5) is 9.59 Å². The Bertz CT molecular complexity index is 119. The fourth-order valence-corrected chi connectivity index (χ4v) is 3.06. The van der Waals surface area contributed by atoms with Crippen molar-refractivity contribution in [2.75, 3.05) is 12.5 Å². The van der Waals surface area contributed by atoms with Gasteiger partial charge < -0.3 is 0 Å². The molecule has 0 heterocycles. The normalized spacial score (nSPS) is 9.40. The van der Waals surface area contributed by atoms with Gasteiger partial charge in [0.25, 0.3) is 8.89 Å². The number of carbonyl (C=O) groups is 2. The number of carbonyl (C=O) groups excluding carboxylic acids is 2. The molecule has 0 aromatic carbocycles. The summed E-state index contributed by atoms with van der Waals surface area (Å²) in [4.78, 5) is 21.2. The summed E-state index contributed by atoms with van der Waals surface area (Å²) in [6, 6.07) is 0. The highest BCUT2D eigenvalue weighted by Gasteiger charge is 2.05. The average molecular weight is 214 g/mol. The zero-order chi connectivity index (χ0) is 7.98. The minimum Gasteiger partial charge on any atom is -0.273 e. The molecule has 0 N–H and O–H groups in total. The third-order valence-electron chi connectivity index (χ3n) is 0.511. The van der Waals surface area contributed by atoms with Crippen LogP contribution in [0.2, 0.25) is 0 Å². The Morgan fingerprint density at radius 2 is 1.20 bits per heavy atom. The summed E-state index contributed by atoms with van der Waals surface area (Å²) in [7, 11) is 1.96. The molecule has 0 unspecified atom stereocenters. The minimum absolute atomic E-state index is 0.0348. The van der Waals surface area contributed by atoms with Crippen molar-refractivity contribution in [2.24, 2.45) is 0 Å². The van der Waals surface area contributed by atoms with Gasteiger partial charge in [0.15, 0.2) is 0 Å². The van der Waals surface area contributed by atoms with Gasteiger partial charge in [-0.2, -0.15) is 0 Å². The van der Waals surface area contributed by atoms with E-state index in [0.717, 1.165) is 45.1 Å². The second kappa shape index (κ2) is 6.45. The van der Waals surface area contributed by atoms with Crippen molar-refractivity contribution in [2.45, 2.75) is 0 Å². The predicted octanol–water partition coefficient (Wildman–Crippen LogP) is 3.33. The Morgan fingerprint density at radius 1 is 0.900 bits per heavy atom. The van der Waals surface area contributed by atoms with Gasteiger partial charge in [0.1, 0.15) is 0 Å². The van der Waals surface area contributed by atoms with Crippen LogP contribution in [0.3, 0.4) is 0 Å². The number of thioether (sulfide) groups is 2. The maximum atomic E-state index is 10.6. The van der Waals surface area contributed by atoms with E-state index in [0.29, 0.717) is 0 Å². The summed E-state index contributed by atoms with van der Waals surface area (Å²) in [5.74, 6) is 0. The lowest BCUT2D eigenvalue weighted by Gasteiger charge is -1.91. The van der Waals surface area contributed by atoms with Crippen molar-refractivity contribution in [3.63, 3.8) is 0 Å². The first kappa shape index (κ1) is 10.7. The van der Waals surface area contributed by atoms with Gasteiger partial charge in [-0.25, -0.2) is 0 Å². The third kappa shape index (κ3) is 5.52. The summed E-state index contributed by atoms with van der Waals surface area (Å²) in [6.07, 6.45) is 3.39. The van der Waals surface area contributed by atoms with Gasteiger partial charge in [-0.15, -0.1) is 0 Å². The van der Waals surface area contributed by atoms with Crippen molar-refractivity contribution in [1.82, 2.24) is 0 Å². The average Bonchev–Trinajstić information content (AvgIpc) is 1.99.